The second-order valence-electron chi connectivity index (χ2n) is 7.01. The number of rotatable bonds is 8. The number of hydrogen-bond donors (Lipinski definition) is 2. The molecule has 0 fully saturated rings. The maximum atomic E-state index is 12.3. The highest BCUT2D eigenvalue weighted by atomic mass is 32.2. The van der Waals surface area contributed by atoms with Crippen LogP contribution in [0.3, 0.4) is 0 Å². The molecular weight excluding hydrogens is 362 g/mol. The Bertz CT molecular complexity index is 858. The van der Waals surface area contributed by atoms with Gasteiger partial charge in [-0.05, 0) is 47.9 Å². The maximum Gasteiger partial charge on any atom is 0.251 e. The predicted molar refractivity (Wildman–Crippen MR) is 108 cm³/mol. The summed E-state index contributed by atoms with van der Waals surface area (Å²) in [7, 11) is 0.393. The summed E-state index contributed by atoms with van der Waals surface area (Å²) in [6.07, 6.45) is 0. The van der Waals surface area contributed by atoms with Gasteiger partial charge in [-0.3, -0.25) is 4.79 Å². The molecule has 2 N–H and O–H groups in total. The quantitative estimate of drug-likeness (QED) is 0.727. The van der Waals surface area contributed by atoms with Gasteiger partial charge < -0.3 is 10.2 Å². The van der Waals surface area contributed by atoms with Gasteiger partial charge in [0, 0.05) is 38.4 Å². The van der Waals surface area contributed by atoms with Gasteiger partial charge in [-0.25, -0.2) is 13.1 Å². The second-order valence-corrected chi connectivity index (χ2v) is 8.78. The van der Waals surface area contributed by atoms with E-state index >= 15 is 0 Å². The molecule has 6 nitrogen and oxygen atoms in total. The number of amides is 1. The van der Waals surface area contributed by atoms with Crippen LogP contribution in [0.25, 0.3) is 0 Å². The Labute approximate surface area is 161 Å². The average Bonchev–Trinajstić information content (AvgIpc) is 2.65. The van der Waals surface area contributed by atoms with Crippen molar-refractivity contribution in [3.05, 3.63) is 59.7 Å². The van der Waals surface area contributed by atoms with Crippen molar-refractivity contribution in [2.24, 2.45) is 5.92 Å². The standard InChI is InChI=1S/C20H27N3O3S/c1-15(2)13-22-27(25,26)19-11-7-17(8-12-19)20(24)21-14-16-5-9-18(10-6-16)23(3)4/h5-12,15,22H,13-14H2,1-4H3,(H,21,24). The van der Waals surface area contributed by atoms with Crippen LogP contribution in [0.15, 0.2) is 53.4 Å². The van der Waals surface area contributed by atoms with E-state index in [1.54, 1.807) is 0 Å². The van der Waals surface area contributed by atoms with Gasteiger partial charge in [-0.15, -0.1) is 0 Å². The van der Waals surface area contributed by atoms with Crippen LogP contribution in [0.1, 0.15) is 29.8 Å². The minimum Gasteiger partial charge on any atom is -0.378 e. The van der Waals surface area contributed by atoms with Crippen LogP contribution < -0.4 is 14.9 Å². The molecule has 0 aromatic heterocycles. The molecule has 0 atom stereocenters. The Balaban J connectivity index is 1.97. The molecule has 7 heteroatoms. The van der Waals surface area contributed by atoms with E-state index < -0.39 is 10.0 Å². The number of nitrogens with one attached hydrogen (secondary N) is 2. The first-order chi connectivity index (χ1) is 12.7. The summed E-state index contributed by atoms with van der Waals surface area (Å²) in [5, 5.41) is 2.84. The van der Waals surface area contributed by atoms with Gasteiger partial charge in [0.15, 0.2) is 0 Å². The number of benzene rings is 2. The van der Waals surface area contributed by atoms with Crippen molar-refractivity contribution in [2.75, 3.05) is 25.5 Å². The van der Waals surface area contributed by atoms with Crippen molar-refractivity contribution in [2.45, 2.75) is 25.3 Å². The van der Waals surface area contributed by atoms with Crippen LogP contribution in [-0.4, -0.2) is 35.0 Å². The Morgan fingerprint density at radius 2 is 1.59 bits per heavy atom. The monoisotopic (exact) mass is 389 g/mol. The summed E-state index contributed by atoms with van der Waals surface area (Å²) in [5.41, 5.74) is 2.50. The second kappa shape index (κ2) is 9.01. The number of nitrogens with zero attached hydrogens (tertiary/aromatic N) is 1. The van der Waals surface area contributed by atoms with Crippen molar-refractivity contribution < 1.29 is 13.2 Å². The van der Waals surface area contributed by atoms with Gasteiger partial charge in [0.05, 0.1) is 4.90 Å². The van der Waals surface area contributed by atoms with Crippen LogP contribution in [0, 0.1) is 5.92 Å². The molecule has 0 unspecified atom stereocenters. The molecule has 0 bridgehead atoms. The lowest BCUT2D eigenvalue weighted by atomic mass is 10.2. The van der Waals surface area contributed by atoms with Crippen LogP contribution in [0.5, 0.6) is 0 Å². The molecule has 27 heavy (non-hydrogen) atoms. The molecule has 0 saturated carbocycles. The van der Waals surface area contributed by atoms with Gasteiger partial charge in [0.2, 0.25) is 10.0 Å². The average molecular weight is 390 g/mol. The Kier molecular flexibility index (Phi) is 6.98. The molecule has 0 saturated heterocycles. The topological polar surface area (TPSA) is 78.5 Å². The molecule has 0 aliphatic rings. The zero-order valence-corrected chi connectivity index (χ0v) is 17.0. The van der Waals surface area contributed by atoms with E-state index in [9.17, 15) is 13.2 Å². The lowest BCUT2D eigenvalue weighted by Gasteiger charge is -2.13. The van der Waals surface area contributed by atoms with Crippen molar-refractivity contribution in [3.8, 4) is 0 Å². The summed E-state index contributed by atoms with van der Waals surface area (Å²) in [6, 6.07) is 13.9. The van der Waals surface area contributed by atoms with E-state index in [4.69, 9.17) is 0 Å². The zero-order chi connectivity index (χ0) is 20.0. The fourth-order valence-electron chi connectivity index (χ4n) is 2.34. The SMILES string of the molecule is CC(C)CNS(=O)(=O)c1ccc(C(=O)NCc2ccc(N(C)C)cc2)cc1. The van der Waals surface area contributed by atoms with E-state index in [0.29, 0.717) is 18.7 Å². The van der Waals surface area contributed by atoms with Crippen molar-refractivity contribution >= 4 is 21.6 Å². The molecule has 0 aliphatic heterocycles. The largest absolute Gasteiger partial charge is 0.378 e. The van der Waals surface area contributed by atoms with E-state index in [2.05, 4.69) is 10.0 Å². The van der Waals surface area contributed by atoms with Crippen LogP contribution in [0.4, 0.5) is 5.69 Å². The first kappa shape index (κ1) is 20.9. The minimum absolute atomic E-state index is 0.152. The van der Waals surface area contributed by atoms with Crippen molar-refractivity contribution in [1.29, 1.82) is 0 Å². The first-order valence-corrected chi connectivity index (χ1v) is 10.3. The molecule has 0 heterocycles. The number of carbonyl (C=O) groups excluding carboxylic acids is 1. The molecule has 0 aliphatic carbocycles. The fourth-order valence-corrected chi connectivity index (χ4v) is 3.56. The third kappa shape index (κ3) is 6.08. The highest BCUT2D eigenvalue weighted by Gasteiger charge is 2.15. The van der Waals surface area contributed by atoms with Gasteiger partial charge in [0.1, 0.15) is 0 Å². The summed E-state index contributed by atoms with van der Waals surface area (Å²) in [4.78, 5) is 14.4. The Hall–Kier alpha value is -2.38. The van der Waals surface area contributed by atoms with Crippen LogP contribution in [0.2, 0.25) is 0 Å². The van der Waals surface area contributed by atoms with Crippen molar-refractivity contribution in [3.63, 3.8) is 0 Å². The van der Waals surface area contributed by atoms with Crippen LogP contribution >= 0.6 is 0 Å². The molecule has 0 radical (unpaired) electrons. The molecule has 146 valence electrons. The summed E-state index contributed by atoms with van der Waals surface area (Å²) in [6.45, 7) is 4.65. The molecule has 2 aromatic carbocycles. The predicted octanol–water partition coefficient (Wildman–Crippen LogP) is 2.62. The number of carbonyl (C=O) groups is 1. The van der Waals surface area contributed by atoms with E-state index in [0.717, 1.165) is 11.3 Å². The maximum absolute atomic E-state index is 12.3. The molecule has 0 spiro atoms. The van der Waals surface area contributed by atoms with E-state index in [1.807, 2.05) is 57.1 Å². The van der Waals surface area contributed by atoms with Gasteiger partial charge in [-0.1, -0.05) is 26.0 Å². The van der Waals surface area contributed by atoms with Crippen molar-refractivity contribution in [1.82, 2.24) is 10.0 Å². The lowest BCUT2D eigenvalue weighted by Crippen LogP contribution is -2.27. The smallest absolute Gasteiger partial charge is 0.251 e. The van der Waals surface area contributed by atoms with Crippen LogP contribution in [-0.2, 0) is 16.6 Å². The third-order valence-corrected chi connectivity index (χ3v) is 5.45. The normalized spacial score (nSPS) is 11.4. The van der Waals surface area contributed by atoms with E-state index in [-0.39, 0.29) is 16.7 Å². The summed E-state index contributed by atoms with van der Waals surface area (Å²) >= 11 is 0. The first-order valence-electron chi connectivity index (χ1n) is 8.83. The number of sulfonamides is 1. The van der Waals surface area contributed by atoms with Gasteiger partial charge >= 0.3 is 0 Å². The highest BCUT2D eigenvalue weighted by molar-refractivity contribution is 7.89. The van der Waals surface area contributed by atoms with Gasteiger partial charge in [0.25, 0.3) is 5.91 Å². The molecular formula is C20H27N3O3S. The number of anilines is 1. The summed E-state index contributed by atoms with van der Waals surface area (Å²) < 4.78 is 26.9. The Morgan fingerprint density at radius 1 is 1.00 bits per heavy atom. The molecule has 2 rings (SSSR count). The fraction of sp³-hybridized carbons (Fsp3) is 0.350. The molecule has 2 aromatic rings. The molecule has 1 amide bonds. The summed E-state index contributed by atoms with van der Waals surface area (Å²) in [5.74, 6) is -0.0256. The zero-order valence-electron chi connectivity index (χ0n) is 16.2. The Morgan fingerprint density at radius 3 is 2.11 bits per heavy atom. The number of hydrogen-bond acceptors (Lipinski definition) is 4. The highest BCUT2D eigenvalue weighted by Crippen LogP contribution is 2.13. The lowest BCUT2D eigenvalue weighted by molar-refractivity contribution is 0.0951. The van der Waals surface area contributed by atoms with E-state index in [1.165, 1.54) is 24.3 Å². The third-order valence-electron chi connectivity index (χ3n) is 4.01. The minimum atomic E-state index is -3.55. The van der Waals surface area contributed by atoms with Gasteiger partial charge in [-0.2, -0.15) is 0 Å².